The normalized spacial score (nSPS) is 12.5. The van der Waals surface area contributed by atoms with Crippen molar-refractivity contribution in [2.45, 2.75) is 13.0 Å². The van der Waals surface area contributed by atoms with E-state index in [4.69, 9.17) is 5.73 Å². The van der Waals surface area contributed by atoms with Crippen LogP contribution in [0.25, 0.3) is 11.0 Å². The molecule has 0 bridgehead atoms. The average molecular weight is 460 g/mol. The number of nitrogens with one attached hydrogen (secondary N) is 1. The molecule has 0 aliphatic heterocycles. The summed E-state index contributed by atoms with van der Waals surface area (Å²) in [5.41, 5.74) is 8.11. The number of benzene rings is 3. The van der Waals surface area contributed by atoms with E-state index in [0.29, 0.717) is 28.1 Å². The number of fused-ring (bicyclic) bond motifs is 1. The zero-order valence-corrected chi connectivity index (χ0v) is 17.6. The van der Waals surface area contributed by atoms with Gasteiger partial charge in [0, 0.05) is 6.07 Å². The Morgan fingerprint density at radius 1 is 0.971 bits per heavy atom. The fourth-order valence-corrected chi connectivity index (χ4v) is 3.05. The van der Waals surface area contributed by atoms with Crippen molar-refractivity contribution in [3.8, 4) is 0 Å². The van der Waals surface area contributed by atoms with Crippen LogP contribution in [0.4, 0.5) is 34.1 Å². The molecule has 0 aliphatic carbocycles. The molecule has 0 radical (unpaired) electrons. The van der Waals surface area contributed by atoms with Crippen molar-refractivity contribution < 1.29 is 9.85 Å². The summed E-state index contributed by atoms with van der Waals surface area (Å²) in [6, 6.07) is 13.1. The van der Waals surface area contributed by atoms with Crippen LogP contribution in [0.1, 0.15) is 18.5 Å². The third kappa shape index (κ3) is 4.55. The number of anilines is 1. The molecular weight excluding hydrogens is 444 g/mol. The zero-order chi connectivity index (χ0) is 24.2. The number of nitro groups is 2. The van der Waals surface area contributed by atoms with Gasteiger partial charge in [0.2, 0.25) is 0 Å². The number of nitrogens with two attached hydrogens (primary N) is 1. The maximum absolute atomic E-state index is 11.3. The second-order valence-electron chi connectivity index (χ2n) is 7.07. The van der Waals surface area contributed by atoms with Crippen LogP contribution in [0.3, 0.4) is 0 Å². The topological polar surface area (TPSA) is 203 Å². The second kappa shape index (κ2) is 9.15. The highest BCUT2D eigenvalue weighted by molar-refractivity contribution is 5.92. The van der Waals surface area contributed by atoms with E-state index in [2.05, 4.69) is 35.9 Å². The third-order valence-electron chi connectivity index (χ3n) is 4.82. The lowest BCUT2D eigenvalue weighted by molar-refractivity contribution is -0.393. The smallest absolute Gasteiger partial charge is 0.303 e. The standard InChI is InChI=1S/C20H16N10O4/c1-11(22-24-16-7-5-14(29(31)32)10-18(16)30(33)34)12-3-2-4-13(9-12)23-26-19-15(21)6-8-17-20(19)27-28-25-17/h2-11H,21H2,1H3,(H,25,27,28). The van der Waals surface area contributed by atoms with E-state index < -0.39 is 27.3 Å². The fraction of sp³-hybridized carbons (Fsp3) is 0.100. The Hall–Kier alpha value is -5.14. The molecule has 0 aliphatic rings. The average Bonchev–Trinajstić information content (AvgIpc) is 3.30. The first-order valence-corrected chi connectivity index (χ1v) is 9.78. The number of nitrogen functional groups attached to an aromatic ring is 1. The van der Waals surface area contributed by atoms with Gasteiger partial charge in [-0.1, -0.05) is 12.1 Å². The fourth-order valence-electron chi connectivity index (χ4n) is 3.05. The summed E-state index contributed by atoms with van der Waals surface area (Å²) >= 11 is 0. The number of nitro benzene ring substituents is 2. The molecule has 3 aromatic carbocycles. The monoisotopic (exact) mass is 460 g/mol. The lowest BCUT2D eigenvalue weighted by atomic mass is 10.1. The van der Waals surface area contributed by atoms with Crippen LogP contribution in [0.2, 0.25) is 0 Å². The van der Waals surface area contributed by atoms with Gasteiger partial charge in [-0.3, -0.25) is 20.2 Å². The van der Waals surface area contributed by atoms with Crippen molar-refractivity contribution in [2.75, 3.05) is 5.73 Å². The molecule has 1 heterocycles. The lowest BCUT2D eigenvalue weighted by Crippen LogP contribution is -1.93. The van der Waals surface area contributed by atoms with Crippen molar-refractivity contribution in [3.63, 3.8) is 0 Å². The largest absolute Gasteiger partial charge is 0.397 e. The summed E-state index contributed by atoms with van der Waals surface area (Å²) in [7, 11) is 0. The van der Waals surface area contributed by atoms with E-state index in [1.165, 1.54) is 6.07 Å². The first-order chi connectivity index (χ1) is 16.3. The van der Waals surface area contributed by atoms with E-state index in [-0.39, 0.29) is 5.69 Å². The Balaban J connectivity index is 1.57. The molecule has 14 nitrogen and oxygen atoms in total. The number of aromatic nitrogens is 3. The molecule has 0 saturated heterocycles. The number of non-ortho nitro benzene ring substituents is 1. The highest BCUT2D eigenvalue weighted by Crippen LogP contribution is 2.34. The van der Waals surface area contributed by atoms with Crippen molar-refractivity contribution in [1.82, 2.24) is 15.4 Å². The number of H-pyrrole nitrogens is 1. The molecule has 0 spiro atoms. The van der Waals surface area contributed by atoms with Crippen LogP contribution in [0.5, 0.6) is 0 Å². The van der Waals surface area contributed by atoms with Gasteiger partial charge in [0.15, 0.2) is 5.69 Å². The molecule has 0 amide bonds. The molecule has 170 valence electrons. The van der Waals surface area contributed by atoms with Gasteiger partial charge in [-0.25, -0.2) is 0 Å². The molecule has 4 aromatic rings. The number of hydrogen-bond donors (Lipinski definition) is 2. The van der Waals surface area contributed by atoms with E-state index in [9.17, 15) is 20.2 Å². The van der Waals surface area contributed by atoms with Gasteiger partial charge < -0.3 is 5.73 Å². The molecule has 4 rings (SSSR count). The maximum Gasteiger partial charge on any atom is 0.303 e. The lowest BCUT2D eigenvalue weighted by Gasteiger charge is -2.06. The van der Waals surface area contributed by atoms with Gasteiger partial charge >= 0.3 is 5.69 Å². The first kappa shape index (κ1) is 22.1. The van der Waals surface area contributed by atoms with Gasteiger partial charge in [-0.15, -0.1) is 10.2 Å². The number of aromatic amines is 1. The number of nitrogens with zero attached hydrogens (tertiary/aromatic N) is 8. The molecule has 1 aromatic heterocycles. The third-order valence-corrected chi connectivity index (χ3v) is 4.82. The number of rotatable bonds is 7. The molecule has 1 atom stereocenters. The molecule has 3 N–H and O–H groups in total. The van der Waals surface area contributed by atoms with Gasteiger partial charge in [0.1, 0.15) is 16.7 Å². The Morgan fingerprint density at radius 2 is 1.79 bits per heavy atom. The van der Waals surface area contributed by atoms with Crippen molar-refractivity contribution in [3.05, 3.63) is 80.4 Å². The SMILES string of the molecule is CC(N=Nc1ccc([N+](=O)[O-])cc1[N+](=O)[O-])c1cccc(N=Nc2c(N)ccc3n[nH]nc23)c1. The van der Waals surface area contributed by atoms with Crippen LogP contribution in [0.15, 0.2) is 75.1 Å². The van der Waals surface area contributed by atoms with Gasteiger partial charge in [-0.05, 0) is 42.8 Å². The predicted molar refractivity (Wildman–Crippen MR) is 122 cm³/mol. The number of azo groups is 2. The summed E-state index contributed by atoms with van der Waals surface area (Å²) in [5, 5.41) is 49.2. The molecule has 14 heteroatoms. The Bertz CT molecular complexity index is 1460. The minimum Gasteiger partial charge on any atom is -0.397 e. The van der Waals surface area contributed by atoms with E-state index in [0.717, 1.165) is 17.7 Å². The minimum atomic E-state index is -0.742. The molecule has 34 heavy (non-hydrogen) atoms. The molecule has 1 unspecified atom stereocenters. The molecule has 0 fully saturated rings. The molecular formula is C20H16N10O4. The van der Waals surface area contributed by atoms with Gasteiger partial charge in [-0.2, -0.15) is 25.6 Å². The summed E-state index contributed by atoms with van der Waals surface area (Å²) < 4.78 is 0. The second-order valence-corrected chi connectivity index (χ2v) is 7.07. The van der Waals surface area contributed by atoms with E-state index in [1.54, 1.807) is 43.3 Å². The quantitative estimate of drug-likeness (QED) is 0.154. The van der Waals surface area contributed by atoms with Crippen molar-refractivity contribution in [1.29, 1.82) is 0 Å². The van der Waals surface area contributed by atoms with Crippen LogP contribution >= 0.6 is 0 Å². The van der Waals surface area contributed by atoms with Gasteiger partial charge in [0.05, 0.1) is 33.3 Å². The van der Waals surface area contributed by atoms with Crippen molar-refractivity contribution >= 4 is 45.2 Å². The summed E-state index contributed by atoms with van der Waals surface area (Å²) in [6.45, 7) is 1.74. The summed E-state index contributed by atoms with van der Waals surface area (Å²) in [4.78, 5) is 20.7. The summed E-state index contributed by atoms with van der Waals surface area (Å²) in [6.07, 6.45) is 0. The van der Waals surface area contributed by atoms with Gasteiger partial charge in [0.25, 0.3) is 5.69 Å². The highest BCUT2D eigenvalue weighted by Gasteiger charge is 2.19. The summed E-state index contributed by atoms with van der Waals surface area (Å²) in [5.74, 6) is 0. The van der Waals surface area contributed by atoms with Crippen LogP contribution < -0.4 is 5.73 Å². The van der Waals surface area contributed by atoms with Crippen LogP contribution in [-0.2, 0) is 0 Å². The highest BCUT2D eigenvalue weighted by atomic mass is 16.6. The predicted octanol–water partition coefficient (Wildman–Crippen LogP) is 5.62. The maximum atomic E-state index is 11.3. The number of hydrogen-bond acceptors (Lipinski definition) is 11. The zero-order valence-electron chi connectivity index (χ0n) is 17.6. The van der Waals surface area contributed by atoms with Crippen LogP contribution in [-0.4, -0.2) is 25.3 Å². The minimum absolute atomic E-state index is 0.0885. The van der Waals surface area contributed by atoms with E-state index >= 15 is 0 Å². The molecule has 0 saturated carbocycles. The Labute approximate surface area is 190 Å². The van der Waals surface area contributed by atoms with E-state index in [1.807, 2.05) is 0 Å². The Morgan fingerprint density at radius 3 is 2.56 bits per heavy atom. The Kier molecular flexibility index (Phi) is 5.94. The van der Waals surface area contributed by atoms with Crippen LogP contribution in [0, 0.1) is 20.2 Å². The van der Waals surface area contributed by atoms with Crippen molar-refractivity contribution in [2.24, 2.45) is 20.5 Å². The first-order valence-electron chi connectivity index (χ1n) is 9.78.